The van der Waals surface area contributed by atoms with E-state index in [1.54, 1.807) is 31.4 Å². The zero-order valence-electron chi connectivity index (χ0n) is 11.9. The lowest BCUT2D eigenvalue weighted by molar-refractivity contribution is -0.115. The van der Waals surface area contributed by atoms with Gasteiger partial charge in [-0.05, 0) is 30.7 Å². The molecule has 0 saturated carbocycles. The number of hydrogen-bond donors (Lipinski definition) is 2. The molecule has 0 aromatic heterocycles. The molecule has 0 heterocycles. The standard InChI is InChI=1S/C15H22N2O3/c1-3-4-10-20-11-9-16-12-15(18)17-13-5-7-14(19-2)8-6-13/h3,5-8,16H,1,4,9-12H2,2H3,(H,17,18). The van der Waals surface area contributed by atoms with Crippen LogP contribution in [0.25, 0.3) is 0 Å². The number of carbonyl (C=O) groups excluding carboxylic acids is 1. The van der Waals surface area contributed by atoms with Gasteiger partial charge in [-0.25, -0.2) is 0 Å². The van der Waals surface area contributed by atoms with E-state index in [0.717, 1.165) is 17.9 Å². The largest absolute Gasteiger partial charge is 0.497 e. The van der Waals surface area contributed by atoms with E-state index in [2.05, 4.69) is 17.2 Å². The van der Waals surface area contributed by atoms with Gasteiger partial charge in [-0.3, -0.25) is 4.79 Å². The molecule has 0 radical (unpaired) electrons. The van der Waals surface area contributed by atoms with Crippen molar-refractivity contribution in [3.8, 4) is 5.75 Å². The first-order valence-corrected chi connectivity index (χ1v) is 6.59. The Bertz CT molecular complexity index is 404. The van der Waals surface area contributed by atoms with Gasteiger partial charge in [0.05, 0.1) is 26.9 Å². The summed E-state index contributed by atoms with van der Waals surface area (Å²) in [4.78, 5) is 11.6. The third-order valence-electron chi connectivity index (χ3n) is 2.55. The molecule has 1 amide bonds. The number of anilines is 1. The quantitative estimate of drug-likeness (QED) is 0.506. The number of benzene rings is 1. The van der Waals surface area contributed by atoms with Gasteiger partial charge in [0.2, 0.25) is 5.91 Å². The summed E-state index contributed by atoms with van der Waals surface area (Å²) in [5.74, 6) is 0.680. The van der Waals surface area contributed by atoms with Gasteiger partial charge >= 0.3 is 0 Å². The molecule has 1 aromatic carbocycles. The summed E-state index contributed by atoms with van der Waals surface area (Å²) in [5, 5.41) is 5.81. The molecular formula is C15H22N2O3. The van der Waals surface area contributed by atoms with Crippen LogP contribution in [0.3, 0.4) is 0 Å². The second-order valence-electron chi connectivity index (χ2n) is 4.14. The highest BCUT2D eigenvalue weighted by Gasteiger charge is 2.01. The van der Waals surface area contributed by atoms with Gasteiger partial charge in [-0.15, -0.1) is 6.58 Å². The summed E-state index contributed by atoms with van der Waals surface area (Å²) in [6.07, 6.45) is 2.66. The number of hydrogen-bond acceptors (Lipinski definition) is 4. The lowest BCUT2D eigenvalue weighted by Crippen LogP contribution is -2.30. The van der Waals surface area contributed by atoms with E-state index in [1.165, 1.54) is 0 Å². The summed E-state index contributed by atoms with van der Waals surface area (Å²) >= 11 is 0. The molecule has 5 heteroatoms. The van der Waals surface area contributed by atoms with Gasteiger partial charge in [0.25, 0.3) is 0 Å². The van der Waals surface area contributed by atoms with Gasteiger partial charge in [0.1, 0.15) is 5.75 Å². The lowest BCUT2D eigenvalue weighted by atomic mass is 10.3. The highest BCUT2D eigenvalue weighted by Crippen LogP contribution is 2.14. The first-order valence-electron chi connectivity index (χ1n) is 6.59. The second kappa shape index (κ2) is 10.00. The maximum absolute atomic E-state index is 11.6. The number of carbonyl (C=O) groups is 1. The van der Waals surface area contributed by atoms with Crippen LogP contribution in [0, 0.1) is 0 Å². The smallest absolute Gasteiger partial charge is 0.238 e. The van der Waals surface area contributed by atoms with Crippen molar-refractivity contribution in [1.29, 1.82) is 0 Å². The molecule has 0 aliphatic rings. The monoisotopic (exact) mass is 278 g/mol. The molecule has 0 aliphatic carbocycles. The second-order valence-corrected chi connectivity index (χ2v) is 4.14. The Labute approximate surface area is 120 Å². The summed E-state index contributed by atoms with van der Waals surface area (Å²) < 4.78 is 10.4. The van der Waals surface area contributed by atoms with Crippen molar-refractivity contribution in [2.75, 3.05) is 38.7 Å². The molecule has 110 valence electrons. The minimum atomic E-state index is -0.0822. The predicted molar refractivity (Wildman–Crippen MR) is 80.1 cm³/mol. The Kier molecular flexibility index (Phi) is 8.10. The Hall–Kier alpha value is -1.85. The predicted octanol–water partition coefficient (Wildman–Crippen LogP) is 1.82. The van der Waals surface area contributed by atoms with Crippen LogP contribution in [0.4, 0.5) is 5.69 Å². The van der Waals surface area contributed by atoms with E-state index in [0.29, 0.717) is 19.8 Å². The van der Waals surface area contributed by atoms with Crippen LogP contribution < -0.4 is 15.4 Å². The molecule has 1 rings (SSSR count). The number of rotatable bonds is 10. The fourth-order valence-electron chi connectivity index (χ4n) is 1.49. The molecule has 0 aliphatic heterocycles. The van der Waals surface area contributed by atoms with E-state index >= 15 is 0 Å². The first kappa shape index (κ1) is 16.2. The molecule has 0 atom stereocenters. The van der Waals surface area contributed by atoms with Crippen molar-refractivity contribution in [2.24, 2.45) is 0 Å². The summed E-state index contributed by atoms with van der Waals surface area (Å²) in [5.41, 5.74) is 0.750. The van der Waals surface area contributed by atoms with Crippen molar-refractivity contribution in [2.45, 2.75) is 6.42 Å². The Balaban J connectivity index is 2.11. The molecule has 5 nitrogen and oxygen atoms in total. The lowest BCUT2D eigenvalue weighted by Gasteiger charge is -2.07. The van der Waals surface area contributed by atoms with Gasteiger partial charge in [0, 0.05) is 12.2 Å². The van der Waals surface area contributed by atoms with Crippen molar-refractivity contribution in [3.05, 3.63) is 36.9 Å². The third kappa shape index (κ3) is 6.92. The zero-order chi connectivity index (χ0) is 14.6. The van der Waals surface area contributed by atoms with Crippen LogP contribution in [0.1, 0.15) is 6.42 Å². The fraction of sp³-hybridized carbons (Fsp3) is 0.400. The minimum absolute atomic E-state index is 0.0822. The van der Waals surface area contributed by atoms with Crippen molar-refractivity contribution < 1.29 is 14.3 Å². The van der Waals surface area contributed by atoms with Crippen LogP contribution in [-0.4, -0.2) is 39.3 Å². The van der Waals surface area contributed by atoms with Gasteiger partial charge < -0.3 is 20.1 Å². The van der Waals surface area contributed by atoms with Crippen LogP contribution in [0.2, 0.25) is 0 Å². The van der Waals surface area contributed by atoms with Crippen LogP contribution in [0.5, 0.6) is 5.75 Å². The molecular weight excluding hydrogens is 256 g/mol. The average molecular weight is 278 g/mol. The van der Waals surface area contributed by atoms with Gasteiger partial charge in [-0.1, -0.05) is 6.08 Å². The minimum Gasteiger partial charge on any atom is -0.497 e. The number of amides is 1. The molecule has 1 aromatic rings. The Morgan fingerprint density at radius 3 is 2.70 bits per heavy atom. The normalized spacial score (nSPS) is 10.1. The van der Waals surface area contributed by atoms with Crippen LogP contribution >= 0.6 is 0 Å². The maximum atomic E-state index is 11.6. The highest BCUT2D eigenvalue weighted by molar-refractivity contribution is 5.92. The average Bonchev–Trinajstić information content (AvgIpc) is 2.47. The third-order valence-corrected chi connectivity index (χ3v) is 2.55. The molecule has 0 bridgehead atoms. The summed E-state index contributed by atoms with van der Waals surface area (Å²) in [7, 11) is 1.61. The SMILES string of the molecule is C=CCCOCCNCC(=O)Nc1ccc(OC)cc1. The van der Waals surface area contributed by atoms with E-state index in [1.807, 2.05) is 6.08 Å². The number of nitrogens with one attached hydrogen (secondary N) is 2. The van der Waals surface area contributed by atoms with Crippen molar-refractivity contribution >= 4 is 11.6 Å². The van der Waals surface area contributed by atoms with Gasteiger partial charge in [0.15, 0.2) is 0 Å². The Morgan fingerprint density at radius 1 is 1.30 bits per heavy atom. The van der Waals surface area contributed by atoms with Crippen molar-refractivity contribution in [3.63, 3.8) is 0 Å². The van der Waals surface area contributed by atoms with E-state index in [-0.39, 0.29) is 12.5 Å². The summed E-state index contributed by atoms with van der Waals surface area (Å²) in [6.45, 7) is 5.78. The van der Waals surface area contributed by atoms with Crippen molar-refractivity contribution in [1.82, 2.24) is 5.32 Å². The van der Waals surface area contributed by atoms with Crippen LogP contribution in [-0.2, 0) is 9.53 Å². The molecule has 2 N–H and O–H groups in total. The van der Waals surface area contributed by atoms with E-state index in [9.17, 15) is 4.79 Å². The Morgan fingerprint density at radius 2 is 2.05 bits per heavy atom. The molecule has 0 unspecified atom stereocenters. The first-order chi connectivity index (χ1) is 9.76. The topological polar surface area (TPSA) is 59.6 Å². The number of ether oxygens (including phenoxy) is 2. The maximum Gasteiger partial charge on any atom is 0.238 e. The zero-order valence-corrected chi connectivity index (χ0v) is 11.9. The molecule has 0 spiro atoms. The fourth-order valence-corrected chi connectivity index (χ4v) is 1.49. The van der Waals surface area contributed by atoms with E-state index in [4.69, 9.17) is 9.47 Å². The molecule has 20 heavy (non-hydrogen) atoms. The van der Waals surface area contributed by atoms with E-state index < -0.39 is 0 Å². The van der Waals surface area contributed by atoms with Crippen LogP contribution in [0.15, 0.2) is 36.9 Å². The number of methoxy groups -OCH3 is 1. The molecule has 0 fully saturated rings. The van der Waals surface area contributed by atoms with Gasteiger partial charge in [-0.2, -0.15) is 0 Å². The highest BCUT2D eigenvalue weighted by atomic mass is 16.5. The molecule has 0 saturated heterocycles. The summed E-state index contributed by atoms with van der Waals surface area (Å²) in [6, 6.07) is 7.21.